The predicted octanol–water partition coefficient (Wildman–Crippen LogP) is 3.93. The molecule has 1 rings (SSSR count). The van der Waals surface area contributed by atoms with Crippen molar-refractivity contribution in [2.24, 2.45) is 0 Å². The predicted molar refractivity (Wildman–Crippen MR) is 65.8 cm³/mol. The van der Waals surface area contributed by atoms with Gasteiger partial charge in [0.2, 0.25) is 0 Å². The van der Waals surface area contributed by atoms with E-state index in [-0.39, 0.29) is 17.6 Å². The fourth-order valence-electron chi connectivity index (χ4n) is 1.17. The molecule has 0 bridgehead atoms. The Morgan fingerprint density at radius 2 is 1.62 bits per heavy atom. The summed E-state index contributed by atoms with van der Waals surface area (Å²) in [6, 6.07) is 6.13. The van der Waals surface area contributed by atoms with Crippen LogP contribution < -0.4 is 5.32 Å². The van der Waals surface area contributed by atoms with E-state index in [1.807, 2.05) is 20.8 Å². The molecule has 1 aromatic carbocycles. The second-order valence-electron chi connectivity index (χ2n) is 4.81. The van der Waals surface area contributed by atoms with Crippen LogP contribution in [-0.4, -0.2) is 12.1 Å². The van der Waals surface area contributed by atoms with E-state index < -0.39 is 5.92 Å². The van der Waals surface area contributed by atoms with E-state index in [0.29, 0.717) is 0 Å². The summed E-state index contributed by atoms with van der Waals surface area (Å²) < 4.78 is 28.3. The van der Waals surface area contributed by atoms with E-state index in [1.54, 1.807) is 12.1 Å². The van der Waals surface area contributed by atoms with Crippen molar-refractivity contribution in [3.05, 3.63) is 34.3 Å². The van der Waals surface area contributed by atoms with Gasteiger partial charge in [-0.1, -0.05) is 28.1 Å². The first-order valence-electron chi connectivity index (χ1n) is 5.10. The average molecular weight is 292 g/mol. The zero-order valence-electron chi connectivity index (χ0n) is 9.65. The Morgan fingerprint density at radius 3 is 2.06 bits per heavy atom. The van der Waals surface area contributed by atoms with Crippen LogP contribution in [0.15, 0.2) is 28.7 Å². The molecule has 0 heterocycles. The van der Waals surface area contributed by atoms with Crippen LogP contribution in [0.5, 0.6) is 0 Å². The Hall–Kier alpha value is -0.480. The molecule has 0 fully saturated rings. The van der Waals surface area contributed by atoms with Gasteiger partial charge in [-0.2, -0.15) is 8.78 Å². The number of hydrogen-bond acceptors (Lipinski definition) is 1. The first-order chi connectivity index (χ1) is 7.21. The molecule has 0 saturated carbocycles. The lowest BCUT2D eigenvalue weighted by Crippen LogP contribution is -2.42. The highest BCUT2D eigenvalue weighted by Gasteiger charge is 2.32. The van der Waals surface area contributed by atoms with E-state index in [2.05, 4.69) is 21.2 Å². The van der Waals surface area contributed by atoms with Crippen LogP contribution in [0.25, 0.3) is 0 Å². The van der Waals surface area contributed by atoms with E-state index >= 15 is 0 Å². The lowest BCUT2D eigenvalue weighted by molar-refractivity contribution is -0.00861. The fourth-order valence-corrected chi connectivity index (χ4v) is 1.44. The number of rotatable bonds is 3. The largest absolute Gasteiger partial charge is 0.306 e. The Labute approximate surface area is 103 Å². The number of benzene rings is 1. The van der Waals surface area contributed by atoms with Crippen molar-refractivity contribution in [1.82, 2.24) is 5.32 Å². The standard InChI is InChI=1S/C12H16BrF2N/c1-11(2,3)16-8-12(14,15)9-4-6-10(13)7-5-9/h4-7,16H,8H2,1-3H3. The van der Waals surface area contributed by atoms with E-state index in [9.17, 15) is 8.78 Å². The lowest BCUT2D eigenvalue weighted by Gasteiger charge is -2.25. The molecule has 0 amide bonds. The molecular weight excluding hydrogens is 276 g/mol. The Morgan fingerprint density at radius 1 is 1.12 bits per heavy atom. The number of halogens is 3. The summed E-state index contributed by atoms with van der Waals surface area (Å²) in [6.45, 7) is 5.25. The normalized spacial score (nSPS) is 12.9. The minimum Gasteiger partial charge on any atom is -0.306 e. The molecule has 0 radical (unpaired) electrons. The fraction of sp³-hybridized carbons (Fsp3) is 0.500. The Balaban J connectivity index is 2.73. The topological polar surface area (TPSA) is 12.0 Å². The molecule has 0 aliphatic heterocycles. The Bertz CT molecular complexity index is 341. The molecule has 1 nitrogen and oxygen atoms in total. The number of hydrogen-bond donors (Lipinski definition) is 1. The second kappa shape index (κ2) is 4.80. The summed E-state index contributed by atoms with van der Waals surface area (Å²) in [6.07, 6.45) is 0. The van der Waals surface area contributed by atoms with Crippen molar-refractivity contribution in [2.75, 3.05) is 6.54 Å². The van der Waals surface area contributed by atoms with Crippen LogP contribution >= 0.6 is 15.9 Å². The van der Waals surface area contributed by atoms with E-state index in [1.165, 1.54) is 12.1 Å². The van der Waals surface area contributed by atoms with Crippen LogP contribution in [0.3, 0.4) is 0 Å². The number of nitrogens with one attached hydrogen (secondary N) is 1. The summed E-state index contributed by atoms with van der Waals surface area (Å²) in [7, 11) is 0. The quantitative estimate of drug-likeness (QED) is 0.890. The van der Waals surface area contributed by atoms with Crippen molar-refractivity contribution in [3.8, 4) is 0 Å². The zero-order chi connectivity index (χ0) is 12.4. The van der Waals surface area contributed by atoms with Crippen molar-refractivity contribution in [1.29, 1.82) is 0 Å². The third-order valence-corrected chi connectivity index (χ3v) is 2.64. The van der Waals surface area contributed by atoms with Gasteiger partial charge in [0.15, 0.2) is 0 Å². The van der Waals surface area contributed by atoms with Crippen molar-refractivity contribution < 1.29 is 8.78 Å². The minimum absolute atomic E-state index is 0.0347. The average Bonchev–Trinajstić information content (AvgIpc) is 2.15. The van der Waals surface area contributed by atoms with Crippen LogP contribution in [0.4, 0.5) is 8.78 Å². The van der Waals surface area contributed by atoms with Gasteiger partial charge in [0.05, 0.1) is 6.54 Å². The molecule has 0 atom stereocenters. The monoisotopic (exact) mass is 291 g/mol. The Kier molecular flexibility index (Phi) is 4.07. The summed E-state index contributed by atoms with van der Waals surface area (Å²) in [5.41, 5.74) is -0.272. The molecule has 0 aromatic heterocycles. The molecule has 0 unspecified atom stereocenters. The van der Waals surface area contributed by atoms with Gasteiger partial charge in [0.1, 0.15) is 0 Å². The highest BCUT2D eigenvalue weighted by molar-refractivity contribution is 9.10. The van der Waals surface area contributed by atoms with Gasteiger partial charge in [0.25, 0.3) is 5.92 Å². The highest BCUT2D eigenvalue weighted by Crippen LogP contribution is 2.28. The van der Waals surface area contributed by atoms with Gasteiger partial charge < -0.3 is 5.32 Å². The minimum atomic E-state index is -2.84. The van der Waals surface area contributed by atoms with Gasteiger partial charge in [-0.05, 0) is 32.9 Å². The molecule has 1 aromatic rings. The van der Waals surface area contributed by atoms with Gasteiger partial charge in [0, 0.05) is 15.6 Å². The first-order valence-corrected chi connectivity index (χ1v) is 5.89. The van der Waals surface area contributed by atoms with Crippen LogP contribution in [0.1, 0.15) is 26.3 Å². The molecule has 90 valence electrons. The molecule has 0 aliphatic carbocycles. The van der Waals surface area contributed by atoms with E-state index in [4.69, 9.17) is 0 Å². The molecule has 0 saturated heterocycles. The lowest BCUT2D eigenvalue weighted by atomic mass is 10.1. The van der Waals surface area contributed by atoms with Crippen molar-refractivity contribution in [2.45, 2.75) is 32.2 Å². The van der Waals surface area contributed by atoms with Crippen LogP contribution in [-0.2, 0) is 5.92 Å². The molecule has 4 heteroatoms. The molecule has 0 spiro atoms. The maximum atomic E-state index is 13.7. The van der Waals surface area contributed by atoms with E-state index in [0.717, 1.165) is 4.47 Å². The smallest absolute Gasteiger partial charge is 0.285 e. The number of alkyl halides is 2. The maximum absolute atomic E-state index is 13.7. The first kappa shape index (κ1) is 13.6. The second-order valence-corrected chi connectivity index (χ2v) is 5.73. The van der Waals surface area contributed by atoms with Crippen molar-refractivity contribution >= 4 is 15.9 Å². The van der Waals surface area contributed by atoms with Crippen LogP contribution in [0.2, 0.25) is 0 Å². The van der Waals surface area contributed by atoms with Gasteiger partial charge in [-0.15, -0.1) is 0 Å². The maximum Gasteiger partial charge on any atom is 0.285 e. The molecule has 16 heavy (non-hydrogen) atoms. The summed E-state index contributed by atoms with van der Waals surface area (Å²) in [4.78, 5) is 0. The molecule has 0 aliphatic rings. The third-order valence-electron chi connectivity index (χ3n) is 2.11. The summed E-state index contributed by atoms with van der Waals surface area (Å²) in [5, 5.41) is 2.81. The van der Waals surface area contributed by atoms with Crippen molar-refractivity contribution in [3.63, 3.8) is 0 Å². The SMILES string of the molecule is CC(C)(C)NCC(F)(F)c1ccc(Br)cc1. The van der Waals surface area contributed by atoms with Gasteiger partial charge in [-0.3, -0.25) is 0 Å². The van der Waals surface area contributed by atoms with Gasteiger partial charge in [-0.25, -0.2) is 0 Å². The molecular formula is C12H16BrF2N. The molecule has 1 N–H and O–H groups in total. The zero-order valence-corrected chi connectivity index (χ0v) is 11.2. The van der Waals surface area contributed by atoms with Crippen LogP contribution in [0, 0.1) is 0 Å². The summed E-state index contributed by atoms with van der Waals surface area (Å²) in [5.74, 6) is -2.84. The highest BCUT2D eigenvalue weighted by atomic mass is 79.9. The van der Waals surface area contributed by atoms with Gasteiger partial charge >= 0.3 is 0 Å². The third kappa shape index (κ3) is 4.18. The summed E-state index contributed by atoms with van der Waals surface area (Å²) >= 11 is 3.22.